The van der Waals surface area contributed by atoms with Crippen LogP contribution in [0.25, 0.3) is 0 Å². The molecule has 0 aromatic heterocycles. The van der Waals surface area contributed by atoms with Gasteiger partial charge in [0.15, 0.2) is 5.11 Å². The van der Waals surface area contributed by atoms with Gasteiger partial charge in [-0.1, -0.05) is 23.7 Å². The number of nitrogens with zero attached hydrogens (tertiary/aromatic N) is 1. The first-order valence-electron chi connectivity index (χ1n) is 3.98. The highest BCUT2D eigenvalue weighted by atomic mass is 35.5. The summed E-state index contributed by atoms with van der Waals surface area (Å²) in [4.78, 5) is 0. The number of nitrogens with one attached hydrogen (secondary N) is 2. The zero-order chi connectivity index (χ0) is 10.4. The Bertz CT molecular complexity index is 334. The van der Waals surface area contributed by atoms with Crippen molar-refractivity contribution in [2.45, 2.75) is 0 Å². The molecule has 5 heteroatoms. The van der Waals surface area contributed by atoms with E-state index >= 15 is 0 Å². The van der Waals surface area contributed by atoms with Gasteiger partial charge >= 0.3 is 0 Å². The van der Waals surface area contributed by atoms with E-state index in [2.05, 4.69) is 15.8 Å². The van der Waals surface area contributed by atoms with Gasteiger partial charge in [-0.2, -0.15) is 5.10 Å². The van der Waals surface area contributed by atoms with E-state index in [1.165, 1.54) is 0 Å². The minimum absolute atomic E-state index is 0.482. The van der Waals surface area contributed by atoms with Crippen LogP contribution in [0.1, 0.15) is 5.56 Å². The van der Waals surface area contributed by atoms with Crippen LogP contribution in [0.5, 0.6) is 0 Å². The Labute approximate surface area is 93.2 Å². The summed E-state index contributed by atoms with van der Waals surface area (Å²) in [6.45, 7) is 0. The van der Waals surface area contributed by atoms with Gasteiger partial charge in [0.05, 0.1) is 6.21 Å². The minimum Gasteiger partial charge on any atom is -0.364 e. The molecule has 0 unspecified atom stereocenters. The quantitative estimate of drug-likeness (QED) is 0.459. The third-order valence-electron chi connectivity index (χ3n) is 1.48. The summed E-state index contributed by atoms with van der Waals surface area (Å²) < 4.78 is 0. The smallest absolute Gasteiger partial charge is 0.186 e. The molecule has 0 spiro atoms. The second-order valence-electron chi connectivity index (χ2n) is 2.50. The molecule has 0 saturated carbocycles. The molecule has 0 amide bonds. The standard InChI is InChI=1S/C9H10ClN3S/c1-11-9(14)13-12-6-7-2-4-8(10)5-3-7/h2-6H,1H3,(H2,11,13,14)/b12-6-. The van der Waals surface area contributed by atoms with E-state index < -0.39 is 0 Å². The lowest BCUT2D eigenvalue weighted by Gasteiger charge is -1.99. The van der Waals surface area contributed by atoms with Crippen molar-refractivity contribution in [3.05, 3.63) is 34.9 Å². The van der Waals surface area contributed by atoms with E-state index in [1.807, 2.05) is 12.1 Å². The first kappa shape index (κ1) is 10.9. The zero-order valence-electron chi connectivity index (χ0n) is 7.62. The Kier molecular flexibility index (Phi) is 4.35. The second-order valence-corrected chi connectivity index (χ2v) is 3.35. The van der Waals surface area contributed by atoms with Crippen LogP contribution in [0.15, 0.2) is 29.4 Å². The highest BCUT2D eigenvalue weighted by Gasteiger charge is 1.88. The van der Waals surface area contributed by atoms with Gasteiger partial charge in [0.25, 0.3) is 0 Å². The normalized spacial score (nSPS) is 10.1. The maximum atomic E-state index is 5.73. The van der Waals surface area contributed by atoms with Crippen LogP contribution in [0, 0.1) is 0 Å². The van der Waals surface area contributed by atoms with Crippen molar-refractivity contribution in [1.29, 1.82) is 0 Å². The Hall–Kier alpha value is -1.13. The number of rotatable bonds is 2. The zero-order valence-corrected chi connectivity index (χ0v) is 9.19. The fraction of sp³-hybridized carbons (Fsp3) is 0.111. The Morgan fingerprint density at radius 3 is 2.64 bits per heavy atom. The van der Waals surface area contributed by atoms with E-state index in [-0.39, 0.29) is 0 Å². The second kappa shape index (κ2) is 5.57. The molecule has 0 fully saturated rings. The minimum atomic E-state index is 0.482. The maximum Gasteiger partial charge on any atom is 0.186 e. The maximum absolute atomic E-state index is 5.73. The molecule has 0 aliphatic carbocycles. The number of halogens is 1. The SMILES string of the molecule is CNC(=S)N/N=C\c1ccc(Cl)cc1. The van der Waals surface area contributed by atoms with Gasteiger partial charge in [0.2, 0.25) is 0 Å². The van der Waals surface area contributed by atoms with Crippen LogP contribution in [0.4, 0.5) is 0 Å². The van der Waals surface area contributed by atoms with E-state index in [9.17, 15) is 0 Å². The van der Waals surface area contributed by atoms with Crippen LogP contribution in [-0.4, -0.2) is 18.4 Å². The lowest BCUT2D eigenvalue weighted by Crippen LogP contribution is -2.28. The van der Waals surface area contributed by atoms with Gasteiger partial charge in [-0.15, -0.1) is 0 Å². The Morgan fingerprint density at radius 2 is 2.07 bits per heavy atom. The van der Waals surface area contributed by atoms with E-state index in [4.69, 9.17) is 23.8 Å². The number of hydrogen-bond donors (Lipinski definition) is 2. The molecular weight excluding hydrogens is 218 g/mol. The Morgan fingerprint density at radius 1 is 1.43 bits per heavy atom. The average Bonchev–Trinajstić information content (AvgIpc) is 2.21. The summed E-state index contributed by atoms with van der Waals surface area (Å²) in [5, 5.41) is 7.86. The highest BCUT2D eigenvalue weighted by Crippen LogP contribution is 2.07. The summed E-state index contributed by atoms with van der Waals surface area (Å²) in [6.07, 6.45) is 1.67. The molecule has 0 atom stereocenters. The van der Waals surface area contributed by atoms with Crippen LogP contribution in [-0.2, 0) is 0 Å². The molecule has 14 heavy (non-hydrogen) atoms. The molecule has 2 N–H and O–H groups in total. The molecule has 74 valence electrons. The fourth-order valence-electron chi connectivity index (χ4n) is 0.770. The lowest BCUT2D eigenvalue weighted by molar-refractivity contribution is 0.982. The molecule has 0 saturated heterocycles. The predicted octanol–water partition coefficient (Wildman–Crippen LogP) is 1.77. The van der Waals surface area contributed by atoms with Crippen LogP contribution < -0.4 is 10.7 Å². The van der Waals surface area contributed by atoms with Gasteiger partial charge in [-0.25, -0.2) is 0 Å². The monoisotopic (exact) mass is 227 g/mol. The molecule has 0 aliphatic rings. The summed E-state index contributed by atoms with van der Waals surface area (Å²) in [6, 6.07) is 7.35. The molecule has 0 heterocycles. The van der Waals surface area contributed by atoms with E-state index in [0.717, 1.165) is 5.56 Å². The molecule has 3 nitrogen and oxygen atoms in total. The summed E-state index contributed by atoms with van der Waals surface area (Å²) in [5.74, 6) is 0. The van der Waals surface area contributed by atoms with Gasteiger partial charge < -0.3 is 5.32 Å². The highest BCUT2D eigenvalue weighted by molar-refractivity contribution is 7.80. The number of thiocarbonyl (C=S) groups is 1. The van der Waals surface area contributed by atoms with Crippen LogP contribution in [0.3, 0.4) is 0 Å². The van der Waals surface area contributed by atoms with Crippen LogP contribution >= 0.6 is 23.8 Å². The number of benzene rings is 1. The van der Waals surface area contributed by atoms with Crippen molar-refractivity contribution < 1.29 is 0 Å². The van der Waals surface area contributed by atoms with Crippen molar-refractivity contribution in [2.75, 3.05) is 7.05 Å². The summed E-state index contributed by atoms with van der Waals surface area (Å²) in [5.41, 5.74) is 3.61. The Balaban J connectivity index is 2.52. The number of hydrazone groups is 1. The third kappa shape index (κ3) is 3.72. The lowest BCUT2D eigenvalue weighted by atomic mass is 10.2. The molecule has 0 radical (unpaired) electrons. The van der Waals surface area contributed by atoms with Crippen LogP contribution in [0.2, 0.25) is 5.02 Å². The first-order valence-corrected chi connectivity index (χ1v) is 4.77. The van der Waals surface area contributed by atoms with Gasteiger partial charge in [0.1, 0.15) is 0 Å². The predicted molar refractivity (Wildman–Crippen MR) is 63.8 cm³/mol. The molecule has 0 aliphatic heterocycles. The third-order valence-corrected chi connectivity index (χ3v) is 2.02. The first-order chi connectivity index (χ1) is 6.72. The average molecular weight is 228 g/mol. The molecule has 1 aromatic carbocycles. The van der Waals surface area contributed by atoms with Gasteiger partial charge in [0, 0.05) is 12.1 Å². The molecular formula is C9H10ClN3S. The van der Waals surface area contributed by atoms with E-state index in [1.54, 1.807) is 25.4 Å². The van der Waals surface area contributed by atoms with Gasteiger partial charge in [-0.05, 0) is 29.9 Å². The van der Waals surface area contributed by atoms with E-state index in [0.29, 0.717) is 10.1 Å². The van der Waals surface area contributed by atoms with Gasteiger partial charge in [-0.3, -0.25) is 5.43 Å². The topological polar surface area (TPSA) is 36.4 Å². The summed E-state index contributed by atoms with van der Waals surface area (Å²) >= 11 is 10.6. The molecule has 0 bridgehead atoms. The largest absolute Gasteiger partial charge is 0.364 e. The number of hydrogen-bond acceptors (Lipinski definition) is 2. The van der Waals surface area contributed by atoms with Crippen molar-refractivity contribution in [3.63, 3.8) is 0 Å². The fourth-order valence-corrected chi connectivity index (χ4v) is 0.949. The van der Waals surface area contributed by atoms with Crippen molar-refractivity contribution >= 4 is 35.1 Å². The molecule has 1 rings (SSSR count). The van der Waals surface area contributed by atoms with Crippen molar-refractivity contribution in [2.24, 2.45) is 5.10 Å². The molecule has 1 aromatic rings. The van der Waals surface area contributed by atoms with Crippen molar-refractivity contribution in [1.82, 2.24) is 10.7 Å². The summed E-state index contributed by atoms with van der Waals surface area (Å²) in [7, 11) is 1.73. The van der Waals surface area contributed by atoms with Crippen molar-refractivity contribution in [3.8, 4) is 0 Å².